The van der Waals surface area contributed by atoms with E-state index in [2.05, 4.69) is 33.9 Å². The Morgan fingerprint density at radius 3 is 2.74 bits per heavy atom. The molecule has 0 saturated heterocycles. The maximum Gasteiger partial charge on any atom is 0.264 e. The van der Waals surface area contributed by atoms with Crippen LogP contribution in [-0.4, -0.2) is 47.2 Å². The topological polar surface area (TPSA) is 84.9 Å². The number of nitrogens with zero attached hydrogens (tertiary/aromatic N) is 1. The molecule has 1 spiro atoms. The molecule has 2 aromatic rings. The van der Waals surface area contributed by atoms with Gasteiger partial charge in [0.2, 0.25) is 5.91 Å². The fraction of sp³-hybridized carbons (Fsp3) is 0.545. The number of rotatable bonds is 1. The fourth-order valence-corrected chi connectivity index (χ4v) is 8.65. The number of halogens is 1. The molecule has 6 atom stereocenters. The summed E-state index contributed by atoms with van der Waals surface area (Å²) in [6.07, 6.45) is 10.1. The molecule has 7 nitrogen and oxygen atoms in total. The Hall–Kier alpha value is -2.55. The lowest BCUT2D eigenvalue weighted by atomic mass is 9.68. The number of allylic oxidation sites excluding steroid dienone is 1. The third-order valence-corrected chi connectivity index (χ3v) is 11.9. The van der Waals surface area contributed by atoms with Gasteiger partial charge in [-0.15, -0.1) is 0 Å². The molecular formula is C33H41ClN2O5S. The van der Waals surface area contributed by atoms with Gasteiger partial charge >= 0.3 is 0 Å². The third kappa shape index (κ3) is 5.46. The first-order valence-corrected chi connectivity index (χ1v) is 17.0. The lowest BCUT2D eigenvalue weighted by Crippen LogP contribution is -2.49. The molecular weight excluding hydrogens is 572 g/mol. The molecule has 2 aliphatic carbocycles. The molecule has 1 saturated carbocycles. The first-order chi connectivity index (χ1) is 20.1. The van der Waals surface area contributed by atoms with E-state index in [1.165, 1.54) is 11.1 Å². The minimum atomic E-state index is -4.07. The average Bonchev–Trinajstić information content (AvgIpc) is 3.10. The molecule has 226 valence electrons. The Kier molecular flexibility index (Phi) is 8.09. The van der Waals surface area contributed by atoms with Crippen molar-refractivity contribution in [1.29, 1.82) is 0 Å². The summed E-state index contributed by atoms with van der Waals surface area (Å²) in [6.45, 7) is 5.73. The summed E-state index contributed by atoms with van der Waals surface area (Å²) < 4.78 is 41.9. The minimum Gasteiger partial charge on any atom is -0.490 e. The zero-order chi connectivity index (χ0) is 29.6. The molecule has 1 fully saturated rings. The number of nitrogens with one attached hydrogen (secondary N) is 1. The van der Waals surface area contributed by atoms with E-state index in [4.69, 9.17) is 21.1 Å². The molecule has 1 amide bonds. The number of carbonyl (C=O) groups is 1. The number of amides is 1. The predicted molar refractivity (Wildman–Crippen MR) is 165 cm³/mol. The van der Waals surface area contributed by atoms with Gasteiger partial charge in [-0.2, -0.15) is 0 Å². The smallest absolute Gasteiger partial charge is 0.264 e. The van der Waals surface area contributed by atoms with Crippen LogP contribution in [-0.2, 0) is 31.4 Å². The Bertz CT molecular complexity index is 1490. The van der Waals surface area contributed by atoms with Gasteiger partial charge in [-0.1, -0.05) is 43.7 Å². The molecule has 1 N–H and O–H groups in total. The van der Waals surface area contributed by atoms with Gasteiger partial charge in [-0.3, -0.25) is 4.79 Å². The molecule has 9 heteroatoms. The SMILES string of the molecule is CO[C@H]1/C=C\C[C@H](C)[C@@H](C)C(=O)NS(=O)(=O)c2ccc3c(c2)N(C[C@@H]2CC[C@H]21)C[C@@]1(CCCc2cc(Cl)ccc21)CO3. The van der Waals surface area contributed by atoms with Crippen LogP contribution in [0, 0.1) is 23.7 Å². The maximum absolute atomic E-state index is 13.5. The van der Waals surface area contributed by atoms with E-state index < -0.39 is 21.8 Å². The van der Waals surface area contributed by atoms with Gasteiger partial charge in [0, 0.05) is 36.6 Å². The fourth-order valence-electron chi connectivity index (χ4n) is 7.37. The second-order valence-electron chi connectivity index (χ2n) is 12.8. The van der Waals surface area contributed by atoms with Crippen molar-refractivity contribution in [3.8, 4) is 5.75 Å². The zero-order valence-electron chi connectivity index (χ0n) is 24.6. The second kappa shape index (κ2) is 11.5. The highest BCUT2D eigenvalue weighted by Crippen LogP contribution is 2.47. The molecule has 42 heavy (non-hydrogen) atoms. The van der Waals surface area contributed by atoms with E-state index in [-0.39, 0.29) is 22.3 Å². The highest BCUT2D eigenvalue weighted by molar-refractivity contribution is 7.90. The highest BCUT2D eigenvalue weighted by atomic mass is 35.5. The van der Waals surface area contributed by atoms with Crippen LogP contribution in [0.3, 0.4) is 0 Å². The van der Waals surface area contributed by atoms with Gasteiger partial charge in [-0.25, -0.2) is 13.1 Å². The number of benzene rings is 2. The number of aryl methyl sites for hydroxylation is 1. The van der Waals surface area contributed by atoms with E-state index in [9.17, 15) is 13.2 Å². The van der Waals surface area contributed by atoms with Crippen LogP contribution >= 0.6 is 11.6 Å². The summed E-state index contributed by atoms with van der Waals surface area (Å²) in [5.41, 5.74) is 3.03. The molecule has 2 heterocycles. The number of ether oxygens (including phenoxy) is 2. The van der Waals surface area contributed by atoms with Gasteiger partial charge in [0.1, 0.15) is 5.75 Å². The summed E-state index contributed by atoms with van der Waals surface area (Å²) in [5, 5.41) is 0.741. The minimum absolute atomic E-state index is 0.00564. The molecule has 0 aromatic heterocycles. The largest absolute Gasteiger partial charge is 0.490 e. The van der Waals surface area contributed by atoms with E-state index in [0.717, 1.165) is 49.4 Å². The summed E-state index contributed by atoms with van der Waals surface area (Å²) in [6, 6.07) is 11.2. The van der Waals surface area contributed by atoms with Crippen LogP contribution in [0.1, 0.15) is 57.1 Å². The average molecular weight is 613 g/mol. The number of carbonyl (C=O) groups excluding carboxylic acids is 1. The van der Waals surface area contributed by atoms with Crippen LogP contribution < -0.4 is 14.4 Å². The standard InChI is InChI=1S/C33H41ClN2O5S/c1-21-6-4-8-30(40-3)27-12-9-24(27)18-36-19-33(15-5-7-23-16-25(34)10-13-28(23)33)20-41-31-14-11-26(17-29(31)36)42(38,39)35-32(37)22(21)2/h4,8,10-11,13-14,16-17,21-22,24,27,30H,5-7,9,12,15,18-20H2,1-3H3,(H,35,37)/b8-4-/t21-,22+,24-,27+,30-,33-/m0/s1. The van der Waals surface area contributed by atoms with Gasteiger partial charge in [0.05, 0.1) is 23.3 Å². The quantitative estimate of drug-likeness (QED) is 0.404. The van der Waals surface area contributed by atoms with Crippen molar-refractivity contribution in [2.45, 2.75) is 68.8 Å². The van der Waals surface area contributed by atoms with E-state index in [0.29, 0.717) is 37.2 Å². The number of hydrogen-bond donors (Lipinski definition) is 1. The van der Waals surface area contributed by atoms with Crippen LogP contribution in [0.2, 0.25) is 5.02 Å². The molecule has 6 rings (SSSR count). The number of fused-ring (bicyclic) bond motifs is 4. The predicted octanol–water partition coefficient (Wildman–Crippen LogP) is 5.89. The van der Waals surface area contributed by atoms with E-state index in [1.54, 1.807) is 32.2 Å². The number of hydrogen-bond acceptors (Lipinski definition) is 6. The highest BCUT2D eigenvalue weighted by Gasteiger charge is 2.44. The van der Waals surface area contributed by atoms with Crippen LogP contribution in [0.25, 0.3) is 0 Å². The van der Waals surface area contributed by atoms with E-state index in [1.807, 2.05) is 13.0 Å². The second-order valence-corrected chi connectivity index (χ2v) is 15.0. The van der Waals surface area contributed by atoms with Crippen molar-refractivity contribution in [3.63, 3.8) is 0 Å². The lowest BCUT2D eigenvalue weighted by Gasteiger charge is -2.46. The first-order valence-electron chi connectivity index (χ1n) is 15.2. The summed E-state index contributed by atoms with van der Waals surface area (Å²) in [4.78, 5) is 15.5. The van der Waals surface area contributed by atoms with Crippen LogP contribution in [0.5, 0.6) is 5.75 Å². The van der Waals surface area contributed by atoms with Gasteiger partial charge in [0.15, 0.2) is 0 Å². The van der Waals surface area contributed by atoms with Gasteiger partial charge in [-0.05, 0) is 97.7 Å². The first kappa shape index (κ1) is 29.5. The summed E-state index contributed by atoms with van der Waals surface area (Å²) in [5.74, 6) is 0.419. The molecule has 2 aromatic carbocycles. The van der Waals surface area contributed by atoms with E-state index >= 15 is 0 Å². The van der Waals surface area contributed by atoms with Crippen LogP contribution in [0.4, 0.5) is 5.69 Å². The Morgan fingerprint density at radius 2 is 1.98 bits per heavy atom. The monoisotopic (exact) mass is 612 g/mol. The van der Waals surface area contributed by atoms with Crippen LogP contribution in [0.15, 0.2) is 53.4 Å². The lowest BCUT2D eigenvalue weighted by molar-refractivity contribution is -0.124. The molecule has 2 bridgehead atoms. The molecule has 0 radical (unpaired) electrons. The van der Waals surface area contributed by atoms with Crippen molar-refractivity contribution in [2.24, 2.45) is 23.7 Å². The van der Waals surface area contributed by atoms with Crippen molar-refractivity contribution < 1.29 is 22.7 Å². The maximum atomic E-state index is 13.5. The number of anilines is 1. The van der Waals surface area contributed by atoms with Gasteiger partial charge < -0.3 is 14.4 Å². The number of methoxy groups -OCH3 is 1. The van der Waals surface area contributed by atoms with Crippen molar-refractivity contribution in [1.82, 2.24) is 4.72 Å². The molecule has 0 unspecified atom stereocenters. The zero-order valence-corrected chi connectivity index (χ0v) is 26.2. The van der Waals surface area contributed by atoms with Crippen molar-refractivity contribution in [3.05, 3.63) is 64.7 Å². The summed E-state index contributed by atoms with van der Waals surface area (Å²) in [7, 11) is -2.30. The van der Waals surface area contributed by atoms with Crippen molar-refractivity contribution >= 4 is 33.2 Å². The normalized spacial score (nSPS) is 33.3. The Labute approximate surface area is 254 Å². The third-order valence-electron chi connectivity index (χ3n) is 10.3. The molecule has 4 aliphatic rings. The molecule has 2 aliphatic heterocycles. The number of sulfonamides is 1. The Balaban J connectivity index is 1.44. The Morgan fingerprint density at radius 1 is 1.14 bits per heavy atom. The van der Waals surface area contributed by atoms with Gasteiger partial charge in [0.25, 0.3) is 10.0 Å². The summed E-state index contributed by atoms with van der Waals surface area (Å²) >= 11 is 6.40. The van der Waals surface area contributed by atoms with Crippen molar-refractivity contribution in [2.75, 3.05) is 31.7 Å².